The van der Waals surface area contributed by atoms with Crippen LogP contribution in [0.1, 0.15) is 234 Å². The summed E-state index contributed by atoms with van der Waals surface area (Å²) in [6.45, 7) is -0.0846. The van der Waals surface area contributed by atoms with Crippen LogP contribution in [0.15, 0.2) is 12.2 Å². The predicted molar refractivity (Wildman–Crippen MR) is 424 cm³/mol. The molecule has 5 aliphatic heterocycles. The van der Waals surface area contributed by atoms with Crippen molar-refractivity contribution in [3.05, 3.63) is 12.2 Å². The number of amides is 4. The molecular formula is C81H142N4O37. The lowest BCUT2D eigenvalue weighted by Crippen LogP contribution is -2.72. The maximum Gasteiger partial charge on any atom is 0.364 e. The third-order valence-electron chi connectivity index (χ3n) is 23.0. The molecule has 0 spiro atoms. The van der Waals surface area contributed by atoms with Crippen LogP contribution < -0.4 is 21.3 Å². The maximum atomic E-state index is 13.8. The van der Waals surface area contributed by atoms with Crippen molar-refractivity contribution in [2.45, 2.75) is 416 Å². The Morgan fingerprint density at radius 3 is 1.20 bits per heavy atom. The lowest BCUT2D eigenvalue weighted by Gasteiger charge is -2.51. The highest BCUT2D eigenvalue weighted by Gasteiger charge is 2.64. The average molecular weight is 1760 g/mol. The first kappa shape index (κ1) is 107. The number of rotatable bonds is 59. The smallest absolute Gasteiger partial charge is 0.364 e. The first-order valence-corrected chi connectivity index (χ1v) is 43.3. The van der Waals surface area contributed by atoms with Gasteiger partial charge in [0.2, 0.25) is 23.6 Å². The number of allylic oxidation sites excluding steroid dienone is 1. The van der Waals surface area contributed by atoms with Gasteiger partial charge in [-0.2, -0.15) is 0 Å². The van der Waals surface area contributed by atoms with Crippen LogP contribution in [-0.2, 0) is 80.9 Å². The Labute approximate surface area is 711 Å². The third-order valence-corrected chi connectivity index (χ3v) is 23.0. The van der Waals surface area contributed by atoms with Gasteiger partial charge in [-0.15, -0.1) is 0 Å². The standard InChI is InChI=1S/C81H142N4O37/c1-6-8-10-12-14-16-18-20-21-23-25-27-29-31-33-35-58(99)85-48(49(94)34-32-30-28-26-24-22-19-17-15-13-11-9-7-2)44-113-74-67(105)66(104)69(57(43-90)115-74)116-75-68(106)73(63(101)54(40-87)114-75)122-81(78(111)112)38-52(97)61(84-47(5)93)72(121-81)65(103)56(42-89)118-80(77(109)110)37-51(96)60(83-46(4)92)71(120-80)64(102)55(41-88)117-79(76(107)108)36-50(95)59(82-45(3)91)70(119-79)62(100)53(98)39-86/h32,34,48-57,59-75,86-90,94-98,100-106H,6-31,33,35-44H2,1-5H3,(H,82,91)(H,83,92)(H,84,93)(H,85,99)(H,107,108)(H,109,110)(H,111,112)/b34-32+/t48-,49+,50?,51?,52?,53+,54?,55+,56+,57?,59+,60+,61+,62+,63-,64+,65+,66+,67?,68?,69+,70?,71?,72?,73-,74+,75-,79+,80+,81-/m0/s1. The molecule has 5 rings (SSSR count). The Balaban J connectivity index is 1.36. The van der Waals surface area contributed by atoms with Crippen molar-refractivity contribution < 1.29 is 183 Å². The quantitative estimate of drug-likeness (QED) is 0.0221. The van der Waals surface area contributed by atoms with Crippen LogP contribution in [0.4, 0.5) is 0 Å². The van der Waals surface area contributed by atoms with E-state index in [-0.39, 0.29) is 6.42 Å². The van der Waals surface area contributed by atoms with E-state index in [4.69, 9.17) is 47.4 Å². The molecule has 24 N–H and O–H groups in total. The number of hydrogen-bond donors (Lipinski definition) is 24. The van der Waals surface area contributed by atoms with Crippen LogP contribution in [0, 0.1) is 0 Å². The number of nitrogens with one attached hydrogen (secondary N) is 4. The molecule has 708 valence electrons. The zero-order valence-electron chi connectivity index (χ0n) is 70.8. The van der Waals surface area contributed by atoms with Crippen molar-refractivity contribution in [3.63, 3.8) is 0 Å². The summed E-state index contributed by atoms with van der Waals surface area (Å²) in [6.07, 6.45) is -22.5. The van der Waals surface area contributed by atoms with Gasteiger partial charge in [-0.3, -0.25) is 19.2 Å². The second kappa shape index (κ2) is 54.3. The number of ether oxygens (including phenoxy) is 10. The second-order valence-corrected chi connectivity index (χ2v) is 32.9. The van der Waals surface area contributed by atoms with Crippen molar-refractivity contribution in [2.24, 2.45) is 0 Å². The van der Waals surface area contributed by atoms with Crippen LogP contribution in [0.2, 0.25) is 0 Å². The number of carboxylic acids is 3. The molecule has 0 saturated carbocycles. The zero-order valence-corrected chi connectivity index (χ0v) is 70.8. The van der Waals surface area contributed by atoms with E-state index in [0.29, 0.717) is 12.8 Å². The normalized spacial score (nSPS) is 32.8. The molecule has 41 nitrogen and oxygen atoms in total. The molecule has 0 bridgehead atoms. The molecule has 0 aromatic heterocycles. The van der Waals surface area contributed by atoms with Crippen LogP contribution >= 0.6 is 0 Å². The van der Waals surface area contributed by atoms with Gasteiger partial charge in [0.05, 0.1) is 88.2 Å². The van der Waals surface area contributed by atoms with Crippen LogP contribution in [0.25, 0.3) is 0 Å². The first-order valence-electron chi connectivity index (χ1n) is 43.3. The van der Waals surface area contributed by atoms with Crippen molar-refractivity contribution in [2.75, 3.05) is 39.6 Å². The van der Waals surface area contributed by atoms with E-state index >= 15 is 0 Å². The van der Waals surface area contributed by atoms with Gasteiger partial charge in [-0.05, 0) is 19.3 Å². The number of hydrogen-bond acceptors (Lipinski definition) is 34. The first-order chi connectivity index (χ1) is 58.0. The number of carbonyl (C=O) groups excluding carboxylic acids is 4. The van der Waals surface area contributed by atoms with E-state index in [1.807, 2.05) is 0 Å². The summed E-state index contributed by atoms with van der Waals surface area (Å²) in [4.78, 5) is 92.1. The molecule has 41 heteroatoms. The molecule has 122 heavy (non-hydrogen) atoms. The summed E-state index contributed by atoms with van der Waals surface area (Å²) in [5.41, 5.74) is 0. The summed E-state index contributed by atoms with van der Waals surface area (Å²) < 4.78 is 58.2. The molecule has 30 atom stereocenters. The Kier molecular flexibility index (Phi) is 47.9. The summed E-state index contributed by atoms with van der Waals surface area (Å²) in [6, 6.07) is -7.02. The zero-order chi connectivity index (χ0) is 90.6. The minimum absolute atomic E-state index is 0.123. The monoisotopic (exact) mass is 1760 g/mol. The molecule has 0 aromatic rings. The molecule has 5 heterocycles. The van der Waals surface area contributed by atoms with Crippen LogP contribution in [0.5, 0.6) is 0 Å². The summed E-state index contributed by atoms with van der Waals surface area (Å²) >= 11 is 0. The molecule has 0 aromatic carbocycles. The van der Waals surface area contributed by atoms with E-state index in [2.05, 4.69) is 35.1 Å². The molecule has 5 aliphatic rings. The Hall–Kier alpha value is -5.05. The maximum absolute atomic E-state index is 13.8. The summed E-state index contributed by atoms with van der Waals surface area (Å²) in [5.74, 6) is -20.6. The van der Waals surface area contributed by atoms with Gasteiger partial charge in [-0.25, -0.2) is 14.4 Å². The van der Waals surface area contributed by atoms with Gasteiger partial charge in [-0.1, -0.05) is 180 Å². The van der Waals surface area contributed by atoms with Crippen molar-refractivity contribution in [3.8, 4) is 0 Å². The molecule has 5 saturated heterocycles. The molecule has 5 fully saturated rings. The highest BCUT2D eigenvalue weighted by Crippen LogP contribution is 2.43. The van der Waals surface area contributed by atoms with Crippen LogP contribution in [-0.4, -0.2) is 366 Å². The van der Waals surface area contributed by atoms with Crippen molar-refractivity contribution >= 4 is 41.5 Å². The molecule has 0 radical (unpaired) electrons. The highest BCUT2D eigenvalue weighted by molar-refractivity contribution is 5.79. The van der Waals surface area contributed by atoms with E-state index < -0.39 is 283 Å². The lowest BCUT2D eigenvalue weighted by atomic mass is 9.86. The van der Waals surface area contributed by atoms with Crippen molar-refractivity contribution in [1.82, 2.24) is 21.3 Å². The molecule has 4 amide bonds. The second-order valence-electron chi connectivity index (χ2n) is 32.9. The van der Waals surface area contributed by atoms with Gasteiger partial charge in [0.1, 0.15) is 104 Å². The van der Waals surface area contributed by atoms with E-state index in [9.17, 15) is 136 Å². The number of aliphatic hydroxyl groups is 17. The number of aliphatic hydroxyl groups excluding tert-OH is 17. The van der Waals surface area contributed by atoms with Gasteiger partial charge in [0.25, 0.3) is 17.4 Å². The van der Waals surface area contributed by atoms with E-state index in [1.54, 1.807) is 6.08 Å². The van der Waals surface area contributed by atoms with Crippen LogP contribution in [0.3, 0.4) is 0 Å². The van der Waals surface area contributed by atoms with Crippen molar-refractivity contribution in [1.29, 1.82) is 0 Å². The number of carboxylic acid groups (broad SMARTS) is 3. The van der Waals surface area contributed by atoms with E-state index in [0.717, 1.165) is 85.0 Å². The van der Waals surface area contributed by atoms with E-state index in [1.165, 1.54) is 102 Å². The topological polar surface area (TPSA) is 665 Å². The minimum atomic E-state index is -3.57. The number of aliphatic carboxylic acids is 3. The largest absolute Gasteiger partial charge is 0.477 e. The fourth-order valence-corrected chi connectivity index (χ4v) is 16.1. The van der Waals surface area contributed by atoms with Gasteiger partial charge >= 0.3 is 17.9 Å². The third kappa shape index (κ3) is 31.7. The van der Waals surface area contributed by atoms with Gasteiger partial charge in [0.15, 0.2) is 12.6 Å². The predicted octanol–water partition coefficient (Wildman–Crippen LogP) is -2.49. The highest BCUT2D eigenvalue weighted by atomic mass is 16.8. The summed E-state index contributed by atoms with van der Waals surface area (Å²) in [7, 11) is 0. The average Bonchev–Trinajstić information content (AvgIpc) is 0.748. The van der Waals surface area contributed by atoms with Gasteiger partial charge in [0, 0.05) is 46.5 Å². The summed E-state index contributed by atoms with van der Waals surface area (Å²) in [5, 5.41) is 235. The molecule has 10 unspecified atom stereocenters. The fourth-order valence-electron chi connectivity index (χ4n) is 16.1. The minimum Gasteiger partial charge on any atom is -0.477 e. The molecule has 0 aliphatic carbocycles. The molecular weight excluding hydrogens is 1620 g/mol. The Bertz CT molecular complexity index is 3100. The fraction of sp³-hybridized carbons (Fsp3) is 0.889. The van der Waals surface area contributed by atoms with Gasteiger partial charge < -0.3 is 171 Å². The SMILES string of the molecule is CCCCCCCCCCCCC/C=C/[C@@H](O)[C@H](CO[C@@H]1OC(CO)[C@@H](O[C@@H]2OC(CO)[C@H](O)[C@H](O[C@]3(C(=O)O)CC(O)[C@@H](NC(C)=O)C([C@H](O)[C@@H](CO)O[C@]4(C(=O)O)CC(O)[C@@H](NC(C)=O)C([C@H](O)[C@@H](CO)O[C@]5(C(=O)O)CC(O)[C@@H](NC(C)=O)C([C@H](O)[C@H](O)CO)O5)O4)O3)C2O)[C@H](O)C1O)NC(=O)CCCCCCCCCCCCCCCCC. The Morgan fingerprint density at radius 1 is 0.443 bits per heavy atom. The number of unbranched alkanes of at least 4 members (excludes halogenated alkanes) is 25. The Morgan fingerprint density at radius 2 is 0.820 bits per heavy atom. The number of carbonyl (C=O) groups is 7. The lowest BCUT2D eigenvalue weighted by molar-refractivity contribution is -0.388.